The quantitative estimate of drug-likeness (QED) is 0.255. The SMILES string of the molecule is CCN1/C(=C/C=C2/C(Nc3ccccc3)=C(\C=C\C3=[N+](CC)c4ccccc4C3(C)C)c3ccccc32)C(C)(C)c2ccccc21.[O-][Cl+3]([O-])([O-])[O-]. The highest BCUT2D eigenvalue weighted by atomic mass is 35.7. The highest BCUT2D eigenvalue weighted by Gasteiger charge is 2.44. The van der Waals surface area contributed by atoms with E-state index < -0.39 is 10.2 Å². The Labute approximate surface area is 303 Å². The zero-order valence-corrected chi connectivity index (χ0v) is 30.7. The van der Waals surface area contributed by atoms with Gasteiger partial charge in [0.2, 0.25) is 5.69 Å². The Kier molecular flexibility index (Phi) is 9.97. The Morgan fingerprint density at radius 2 is 1.27 bits per heavy atom. The molecule has 51 heavy (non-hydrogen) atoms. The fraction of sp³-hybridized carbons (Fsp3) is 0.233. The molecular weight excluding hydrogens is 658 g/mol. The number of benzene rings is 4. The van der Waals surface area contributed by atoms with Crippen molar-refractivity contribution in [2.75, 3.05) is 23.3 Å². The lowest BCUT2D eigenvalue weighted by Crippen LogP contribution is -2.68. The third-order valence-electron chi connectivity index (χ3n) is 10.1. The van der Waals surface area contributed by atoms with E-state index in [-0.39, 0.29) is 10.8 Å². The van der Waals surface area contributed by atoms with Gasteiger partial charge >= 0.3 is 0 Å². The van der Waals surface area contributed by atoms with E-state index in [0.29, 0.717) is 0 Å². The van der Waals surface area contributed by atoms with Gasteiger partial charge in [-0.2, -0.15) is 4.58 Å². The number of fused-ring (bicyclic) bond motifs is 3. The third-order valence-corrected chi connectivity index (χ3v) is 10.1. The molecule has 3 aliphatic rings. The van der Waals surface area contributed by atoms with Gasteiger partial charge < -0.3 is 10.2 Å². The minimum absolute atomic E-state index is 0.0927. The van der Waals surface area contributed by atoms with E-state index in [4.69, 9.17) is 18.6 Å². The van der Waals surface area contributed by atoms with E-state index >= 15 is 0 Å². The maximum atomic E-state index is 8.49. The van der Waals surface area contributed by atoms with Crippen LogP contribution in [0.15, 0.2) is 139 Å². The van der Waals surface area contributed by atoms with Crippen LogP contribution in [0.5, 0.6) is 0 Å². The molecule has 4 aromatic carbocycles. The molecule has 0 bridgehead atoms. The summed E-state index contributed by atoms with van der Waals surface area (Å²) in [7, 11) is -4.94. The average molecular weight is 702 g/mol. The van der Waals surface area contributed by atoms with E-state index in [9.17, 15) is 0 Å². The van der Waals surface area contributed by atoms with Crippen molar-refractivity contribution in [1.82, 2.24) is 0 Å². The second kappa shape index (κ2) is 14.1. The molecular formula is C43H44ClN3O4. The van der Waals surface area contributed by atoms with E-state index in [2.05, 4.69) is 184 Å². The van der Waals surface area contributed by atoms with Gasteiger partial charge in [-0.15, -0.1) is 10.2 Å². The lowest BCUT2D eigenvalue weighted by molar-refractivity contribution is -2.00. The first kappa shape index (κ1) is 36.0. The fourth-order valence-electron chi connectivity index (χ4n) is 7.80. The van der Waals surface area contributed by atoms with Crippen LogP contribution in [0.4, 0.5) is 17.1 Å². The van der Waals surface area contributed by atoms with Crippen LogP contribution in [0.3, 0.4) is 0 Å². The summed E-state index contributed by atoms with van der Waals surface area (Å²) in [5.74, 6) is 0. The Bertz CT molecular complexity index is 2100. The third kappa shape index (κ3) is 6.96. The van der Waals surface area contributed by atoms with Gasteiger partial charge in [0, 0.05) is 57.9 Å². The van der Waals surface area contributed by atoms with Crippen molar-refractivity contribution in [2.45, 2.75) is 52.4 Å². The van der Waals surface area contributed by atoms with Gasteiger partial charge in [0.15, 0.2) is 5.71 Å². The van der Waals surface area contributed by atoms with Gasteiger partial charge in [-0.25, -0.2) is 18.6 Å². The number of anilines is 2. The first-order valence-corrected chi connectivity index (χ1v) is 18.5. The molecule has 8 heteroatoms. The molecule has 0 saturated carbocycles. The molecule has 4 aromatic rings. The largest absolute Gasteiger partial charge is 0.355 e. The molecule has 2 heterocycles. The van der Waals surface area contributed by atoms with Crippen molar-refractivity contribution in [1.29, 1.82) is 0 Å². The maximum absolute atomic E-state index is 8.49. The normalized spacial score (nSPS) is 18.7. The van der Waals surface area contributed by atoms with Gasteiger partial charge in [0.05, 0.1) is 11.1 Å². The fourth-order valence-corrected chi connectivity index (χ4v) is 7.80. The molecule has 0 aromatic heterocycles. The van der Waals surface area contributed by atoms with Crippen LogP contribution in [0.2, 0.25) is 0 Å². The van der Waals surface area contributed by atoms with Gasteiger partial charge in [-0.05, 0) is 74.7 Å². The van der Waals surface area contributed by atoms with Gasteiger partial charge in [-0.1, -0.05) is 98.8 Å². The highest BCUT2D eigenvalue weighted by molar-refractivity contribution is 6.09. The topological polar surface area (TPSA) is 111 Å². The van der Waals surface area contributed by atoms with Crippen molar-refractivity contribution in [3.63, 3.8) is 0 Å². The van der Waals surface area contributed by atoms with Crippen molar-refractivity contribution >= 4 is 33.9 Å². The number of nitrogens with one attached hydrogen (secondary N) is 1. The smallest absolute Gasteiger partial charge is 0.209 e. The zero-order valence-electron chi connectivity index (χ0n) is 29.9. The van der Waals surface area contributed by atoms with Crippen molar-refractivity contribution in [2.24, 2.45) is 0 Å². The van der Waals surface area contributed by atoms with Crippen LogP contribution < -0.4 is 28.9 Å². The summed E-state index contributed by atoms with van der Waals surface area (Å²) in [6, 6.07) is 37.1. The van der Waals surface area contributed by atoms with Crippen LogP contribution in [0.1, 0.15) is 63.8 Å². The molecule has 0 amide bonds. The summed E-state index contributed by atoms with van der Waals surface area (Å²) >= 11 is 0. The van der Waals surface area contributed by atoms with E-state index in [1.807, 2.05) is 0 Å². The molecule has 0 fully saturated rings. The molecule has 0 atom stereocenters. The number of hydrogen-bond acceptors (Lipinski definition) is 6. The van der Waals surface area contributed by atoms with Gasteiger partial charge in [0.1, 0.15) is 6.54 Å². The van der Waals surface area contributed by atoms with Gasteiger partial charge in [0.25, 0.3) is 0 Å². The molecule has 2 aliphatic heterocycles. The maximum Gasteiger partial charge on any atom is 0.209 e. The van der Waals surface area contributed by atoms with Crippen LogP contribution in [-0.2, 0) is 10.8 Å². The number of halogens is 1. The molecule has 1 aliphatic carbocycles. The predicted molar refractivity (Wildman–Crippen MR) is 196 cm³/mol. The molecule has 0 radical (unpaired) electrons. The van der Waals surface area contributed by atoms with Crippen LogP contribution in [0.25, 0.3) is 11.1 Å². The molecule has 0 spiro atoms. The number of rotatable bonds is 7. The van der Waals surface area contributed by atoms with Crippen LogP contribution in [0, 0.1) is 10.2 Å². The number of allylic oxidation sites excluding steroid dienone is 7. The van der Waals surface area contributed by atoms with Crippen molar-refractivity contribution < 1.29 is 33.5 Å². The summed E-state index contributed by atoms with van der Waals surface area (Å²) in [4.78, 5) is 2.47. The zero-order chi connectivity index (χ0) is 36.6. The Morgan fingerprint density at radius 3 is 1.94 bits per heavy atom. The standard InChI is InChI=1S/C43H43N3.ClHO4/c1-7-45-37-24-16-14-22-35(37)42(3,4)39(45)28-26-33-31-20-12-13-21-32(31)34(41(33)44-30-18-10-9-11-19-30)27-29-40-43(5,6)36-23-15-17-25-38(36)46(40)8-2;2-1(3,4)5/h9-29H,7-8H2,1-6H3;(H,2,3,4,5)/b33-26+,39-28+;. The Balaban J connectivity index is 0.000000839. The minimum Gasteiger partial charge on any atom is -0.355 e. The highest BCUT2D eigenvalue weighted by Crippen LogP contribution is 2.49. The Morgan fingerprint density at radius 1 is 0.686 bits per heavy atom. The molecule has 7 nitrogen and oxygen atoms in total. The monoisotopic (exact) mass is 701 g/mol. The van der Waals surface area contributed by atoms with Crippen molar-refractivity contribution in [3.05, 3.63) is 161 Å². The summed E-state index contributed by atoms with van der Waals surface area (Å²) in [5.41, 5.74) is 15.0. The summed E-state index contributed by atoms with van der Waals surface area (Å²) in [5, 5.41) is 3.86. The van der Waals surface area contributed by atoms with E-state index in [0.717, 1.165) is 24.5 Å². The molecule has 0 unspecified atom stereocenters. The number of likely N-dealkylation sites (N-methyl/N-ethyl adjacent to an activating group) is 1. The lowest BCUT2D eigenvalue weighted by atomic mass is 9.81. The van der Waals surface area contributed by atoms with Gasteiger partial charge in [-0.3, -0.25) is 0 Å². The second-order valence-corrected chi connectivity index (χ2v) is 14.6. The number of para-hydroxylation sites is 3. The first-order chi connectivity index (χ1) is 24.3. The number of hydrogen-bond donors (Lipinski definition) is 1. The van der Waals surface area contributed by atoms with E-state index in [1.54, 1.807) is 0 Å². The summed E-state index contributed by atoms with van der Waals surface area (Å²) in [6.07, 6.45) is 9.41. The van der Waals surface area contributed by atoms with Crippen LogP contribution >= 0.6 is 0 Å². The first-order valence-electron chi connectivity index (χ1n) is 17.3. The van der Waals surface area contributed by atoms with E-state index in [1.165, 1.54) is 56.2 Å². The molecule has 7 rings (SSSR count). The summed E-state index contributed by atoms with van der Waals surface area (Å²) < 4.78 is 36.4. The Hall–Kier alpha value is -4.76. The molecule has 0 saturated heterocycles. The lowest BCUT2D eigenvalue weighted by Gasteiger charge is -2.26. The minimum atomic E-state index is -4.94. The molecule has 1 N–H and O–H groups in total. The predicted octanol–water partition coefficient (Wildman–Crippen LogP) is 5.50. The summed E-state index contributed by atoms with van der Waals surface area (Å²) in [6.45, 7) is 15.7. The number of nitrogens with zero attached hydrogens (tertiary/aromatic N) is 2. The second-order valence-electron chi connectivity index (χ2n) is 13.8. The van der Waals surface area contributed by atoms with Crippen LogP contribution in [-0.4, -0.2) is 23.4 Å². The molecule has 262 valence electrons. The van der Waals surface area contributed by atoms with Crippen molar-refractivity contribution in [3.8, 4) is 0 Å². The average Bonchev–Trinajstić information content (AvgIpc) is 3.60.